The number of hydrogen-bond acceptors (Lipinski definition) is 8. The molecule has 0 aromatic carbocycles. The van der Waals surface area contributed by atoms with E-state index in [4.69, 9.17) is 4.98 Å². The second kappa shape index (κ2) is 11.8. The molecule has 13 heteroatoms. The molecular weight excluding hydrogens is 527 g/mol. The van der Waals surface area contributed by atoms with Gasteiger partial charge in [-0.2, -0.15) is 10.2 Å². The molecule has 41 heavy (non-hydrogen) atoms. The summed E-state index contributed by atoms with van der Waals surface area (Å²) in [6, 6.07) is 6.18. The number of H-pyrrole nitrogens is 1. The summed E-state index contributed by atoms with van der Waals surface area (Å²) >= 11 is 0. The summed E-state index contributed by atoms with van der Waals surface area (Å²) < 4.78 is 14.7. The van der Waals surface area contributed by atoms with Gasteiger partial charge in [0.05, 0.1) is 18.4 Å². The van der Waals surface area contributed by atoms with Crippen LogP contribution in [0.15, 0.2) is 42.9 Å². The van der Waals surface area contributed by atoms with Gasteiger partial charge in [-0.25, -0.2) is 28.8 Å². The monoisotopic (exact) mass is 560 g/mol. The molecule has 12 nitrogen and oxygen atoms in total. The summed E-state index contributed by atoms with van der Waals surface area (Å²) in [6.45, 7) is 5.65. The molecule has 1 saturated carbocycles. The zero-order valence-corrected chi connectivity index (χ0v) is 23.4. The smallest absolute Gasteiger partial charge is 0.324 e. The largest absolute Gasteiger partial charge is 0.341 e. The van der Waals surface area contributed by atoms with Crippen molar-refractivity contribution in [3.8, 4) is 5.82 Å². The number of aromatic amines is 1. The number of aryl methyl sites for hydroxylation is 2. The van der Waals surface area contributed by atoms with Gasteiger partial charge in [-0.05, 0) is 58.1 Å². The first-order valence-electron chi connectivity index (χ1n) is 13.6. The summed E-state index contributed by atoms with van der Waals surface area (Å²) in [6.07, 6.45) is 6.59. The fourth-order valence-electron chi connectivity index (χ4n) is 5.19. The van der Waals surface area contributed by atoms with Crippen molar-refractivity contribution in [2.75, 3.05) is 12.4 Å². The third kappa shape index (κ3) is 6.23. The van der Waals surface area contributed by atoms with Gasteiger partial charge in [0, 0.05) is 48.6 Å². The number of hydrogen-bond donors (Lipinski definition) is 3. The van der Waals surface area contributed by atoms with Crippen molar-refractivity contribution < 1.29 is 14.0 Å². The van der Waals surface area contributed by atoms with Crippen molar-refractivity contribution >= 4 is 23.6 Å². The highest BCUT2D eigenvalue weighted by molar-refractivity contribution is 5.96. The van der Waals surface area contributed by atoms with Gasteiger partial charge < -0.3 is 10.6 Å². The number of halogens is 1. The van der Waals surface area contributed by atoms with Gasteiger partial charge in [0.25, 0.3) is 0 Å². The topological polar surface area (TPSA) is 147 Å². The molecular formula is C28H33FN10O2. The zero-order chi connectivity index (χ0) is 29.1. The molecule has 0 radical (unpaired) electrons. The van der Waals surface area contributed by atoms with Crippen LogP contribution in [0.3, 0.4) is 0 Å². The second-order valence-electron chi connectivity index (χ2n) is 10.4. The Kier molecular flexibility index (Phi) is 8.04. The van der Waals surface area contributed by atoms with Gasteiger partial charge in [0.15, 0.2) is 17.5 Å². The summed E-state index contributed by atoms with van der Waals surface area (Å²) in [7, 11) is 1.50. The molecule has 0 unspecified atom stereocenters. The Morgan fingerprint density at radius 1 is 1.10 bits per heavy atom. The Morgan fingerprint density at radius 3 is 2.49 bits per heavy atom. The third-order valence-electron chi connectivity index (χ3n) is 7.37. The van der Waals surface area contributed by atoms with Crippen LogP contribution < -0.4 is 10.6 Å². The SMILES string of the molecule is CNC(=O)N(C(=O)C1CCC(c2nc(C)cc(Nc3cc(C)[nH]n3)n2)CC1)[C@@H](C)c1ccc(-n2cc(F)cn2)nc1. The van der Waals surface area contributed by atoms with Gasteiger partial charge in [0.1, 0.15) is 11.6 Å². The predicted molar refractivity (Wildman–Crippen MR) is 149 cm³/mol. The molecule has 5 rings (SSSR count). The molecule has 1 aliphatic carbocycles. The normalized spacial score (nSPS) is 17.6. The van der Waals surface area contributed by atoms with Crippen molar-refractivity contribution in [3.63, 3.8) is 0 Å². The average molecular weight is 561 g/mol. The van der Waals surface area contributed by atoms with Crippen molar-refractivity contribution in [1.82, 2.24) is 45.1 Å². The molecule has 3 N–H and O–H groups in total. The van der Waals surface area contributed by atoms with Crippen LogP contribution in [-0.2, 0) is 4.79 Å². The van der Waals surface area contributed by atoms with E-state index in [-0.39, 0.29) is 17.7 Å². The number of aromatic nitrogens is 7. The number of urea groups is 1. The summed E-state index contributed by atoms with van der Waals surface area (Å²) in [5.41, 5.74) is 2.47. The number of pyridine rings is 1. The van der Waals surface area contributed by atoms with Crippen molar-refractivity contribution in [2.24, 2.45) is 5.92 Å². The maximum atomic E-state index is 13.7. The maximum Gasteiger partial charge on any atom is 0.324 e. The molecule has 0 spiro atoms. The number of imide groups is 1. The fourth-order valence-corrected chi connectivity index (χ4v) is 5.19. The van der Waals surface area contributed by atoms with Crippen LogP contribution in [0.25, 0.3) is 5.82 Å². The molecule has 1 aliphatic rings. The third-order valence-corrected chi connectivity index (χ3v) is 7.37. The van der Waals surface area contributed by atoms with Crippen molar-refractivity contribution in [2.45, 2.75) is 58.4 Å². The van der Waals surface area contributed by atoms with Crippen LogP contribution in [0.5, 0.6) is 0 Å². The predicted octanol–water partition coefficient (Wildman–Crippen LogP) is 4.48. The van der Waals surface area contributed by atoms with E-state index >= 15 is 0 Å². The van der Waals surface area contributed by atoms with E-state index in [0.29, 0.717) is 35.9 Å². The first-order valence-corrected chi connectivity index (χ1v) is 13.6. The average Bonchev–Trinajstić information content (AvgIpc) is 3.60. The Hall–Kier alpha value is -4.68. The van der Waals surface area contributed by atoms with Crippen LogP contribution in [0.4, 0.5) is 20.8 Å². The summed E-state index contributed by atoms with van der Waals surface area (Å²) in [4.78, 5) is 41.6. The van der Waals surface area contributed by atoms with Gasteiger partial charge >= 0.3 is 6.03 Å². The lowest BCUT2D eigenvalue weighted by atomic mass is 9.80. The maximum absolute atomic E-state index is 13.7. The Balaban J connectivity index is 1.26. The van der Waals surface area contributed by atoms with E-state index in [1.165, 1.54) is 22.8 Å². The number of anilines is 2. The number of carbonyl (C=O) groups is 2. The van der Waals surface area contributed by atoms with Crippen LogP contribution >= 0.6 is 0 Å². The molecule has 4 aromatic rings. The number of nitrogens with one attached hydrogen (secondary N) is 3. The van der Waals surface area contributed by atoms with E-state index in [0.717, 1.165) is 36.3 Å². The highest BCUT2D eigenvalue weighted by atomic mass is 19.1. The van der Waals surface area contributed by atoms with Gasteiger partial charge in [-0.3, -0.25) is 14.8 Å². The van der Waals surface area contributed by atoms with Crippen LogP contribution in [0.2, 0.25) is 0 Å². The Bertz CT molecular complexity index is 1520. The van der Waals surface area contributed by atoms with E-state index < -0.39 is 17.9 Å². The van der Waals surface area contributed by atoms with E-state index in [1.807, 2.05) is 26.0 Å². The molecule has 4 heterocycles. The number of nitrogens with zero attached hydrogens (tertiary/aromatic N) is 7. The molecule has 4 aromatic heterocycles. The minimum atomic E-state index is -0.560. The minimum absolute atomic E-state index is 0.107. The van der Waals surface area contributed by atoms with Crippen LogP contribution in [-0.4, -0.2) is 58.8 Å². The van der Waals surface area contributed by atoms with E-state index in [9.17, 15) is 14.0 Å². The fraction of sp³-hybridized carbons (Fsp3) is 0.393. The lowest BCUT2D eigenvalue weighted by molar-refractivity contribution is -0.135. The quantitative estimate of drug-likeness (QED) is 0.300. The molecule has 1 fully saturated rings. The molecule has 214 valence electrons. The molecule has 0 bridgehead atoms. The Labute approximate surface area is 236 Å². The lowest BCUT2D eigenvalue weighted by Crippen LogP contribution is -2.47. The highest BCUT2D eigenvalue weighted by Gasteiger charge is 2.36. The first-order chi connectivity index (χ1) is 19.7. The van der Waals surface area contributed by atoms with Gasteiger partial charge in [-0.15, -0.1) is 0 Å². The summed E-state index contributed by atoms with van der Waals surface area (Å²) in [5.74, 6) is 1.64. The van der Waals surface area contributed by atoms with Gasteiger partial charge in [-0.1, -0.05) is 6.07 Å². The number of amides is 3. The number of carbonyl (C=O) groups excluding carboxylic acids is 2. The van der Waals surface area contributed by atoms with Gasteiger partial charge in [0.2, 0.25) is 5.91 Å². The second-order valence-corrected chi connectivity index (χ2v) is 10.4. The van der Waals surface area contributed by atoms with Crippen molar-refractivity contribution in [1.29, 1.82) is 0 Å². The first kappa shape index (κ1) is 27.9. The molecule has 1 atom stereocenters. The zero-order valence-electron chi connectivity index (χ0n) is 23.4. The summed E-state index contributed by atoms with van der Waals surface area (Å²) in [5, 5.41) is 16.9. The highest BCUT2D eigenvalue weighted by Crippen LogP contribution is 2.37. The molecule has 3 amide bonds. The molecule has 0 saturated heterocycles. The standard InChI is InChI=1S/C28H33FN10O2/c1-16-11-23(34-24-12-17(2)36-37-24)35-26(33-16)19-5-7-20(8-6-19)27(40)39(28(41)30-4)18(3)21-9-10-25(31-13-21)38-15-22(29)14-32-38/h9-15,18-20H,5-8H2,1-4H3,(H,30,41)(H2,33,34,35,36,37)/t18-,19?,20?/m0/s1. The van der Waals surface area contributed by atoms with Crippen molar-refractivity contribution in [3.05, 3.63) is 71.4 Å². The molecule has 0 aliphatic heterocycles. The van der Waals surface area contributed by atoms with E-state index in [1.54, 1.807) is 25.3 Å². The number of rotatable bonds is 7. The van der Waals surface area contributed by atoms with Crippen LogP contribution in [0, 0.1) is 25.6 Å². The van der Waals surface area contributed by atoms with Crippen LogP contribution in [0.1, 0.15) is 67.3 Å². The minimum Gasteiger partial charge on any atom is -0.341 e. The lowest BCUT2D eigenvalue weighted by Gasteiger charge is -2.33. The van der Waals surface area contributed by atoms with E-state index in [2.05, 4.69) is 35.9 Å². The Morgan fingerprint density at radius 2 is 1.88 bits per heavy atom.